The summed E-state index contributed by atoms with van der Waals surface area (Å²) in [6, 6.07) is 11.0. The molecule has 0 aliphatic carbocycles. The van der Waals surface area contributed by atoms with Crippen molar-refractivity contribution in [2.24, 2.45) is 0 Å². The normalized spacial score (nSPS) is 14.9. The summed E-state index contributed by atoms with van der Waals surface area (Å²) in [6.45, 7) is -1.34. The van der Waals surface area contributed by atoms with Crippen molar-refractivity contribution in [1.82, 2.24) is 0 Å². The fraction of sp³-hybridized carbons (Fsp3) is 0.143. The van der Waals surface area contributed by atoms with E-state index in [1.165, 1.54) is 24.3 Å². The Balaban J connectivity index is 2.45. The Morgan fingerprint density at radius 3 is 2.55 bits per heavy atom. The van der Waals surface area contributed by atoms with Crippen molar-refractivity contribution in [3.8, 4) is 0 Å². The lowest BCUT2D eigenvalue weighted by Gasteiger charge is -2.22. The third-order valence-corrected chi connectivity index (χ3v) is 6.71. The summed E-state index contributed by atoms with van der Waals surface area (Å²) in [6.07, 6.45) is 1.32. The Morgan fingerprint density at radius 1 is 1.25 bits per heavy atom. The molecular weight excluding hydrogens is 301 g/mol. The molecule has 0 saturated heterocycles. The molecule has 20 heavy (non-hydrogen) atoms. The molecule has 0 bridgehead atoms. The van der Waals surface area contributed by atoms with Crippen molar-refractivity contribution in [1.29, 1.82) is 0 Å². The van der Waals surface area contributed by atoms with E-state index >= 15 is 0 Å². The predicted octanol–water partition coefficient (Wildman–Crippen LogP) is 4.99. The van der Waals surface area contributed by atoms with Crippen LogP contribution in [0.3, 0.4) is 0 Å². The molecule has 0 amide bonds. The zero-order valence-corrected chi connectivity index (χ0v) is 12.2. The van der Waals surface area contributed by atoms with Crippen LogP contribution < -0.4 is 0 Å². The zero-order valence-electron chi connectivity index (χ0n) is 10.5. The molecule has 0 fully saturated rings. The molecule has 2 nitrogen and oxygen atoms in total. The van der Waals surface area contributed by atoms with E-state index in [1.54, 1.807) is 24.3 Å². The summed E-state index contributed by atoms with van der Waals surface area (Å²) in [5.41, 5.74) is -4.23. The van der Waals surface area contributed by atoms with E-state index < -0.39 is 17.8 Å². The molecule has 2 rings (SSSR count). The van der Waals surface area contributed by atoms with Crippen LogP contribution in [0, 0.1) is 0 Å². The number of hydrogen-bond acceptors (Lipinski definition) is 2. The Bertz CT molecular complexity index is 688. The molecule has 1 N–H and O–H groups in total. The Labute approximate surface area is 119 Å². The van der Waals surface area contributed by atoms with E-state index in [9.17, 15) is 18.2 Å². The van der Waals surface area contributed by atoms with Gasteiger partial charge in [-0.25, -0.2) is 0 Å². The first-order chi connectivity index (χ1) is 9.38. The molecule has 0 aliphatic heterocycles. The molecule has 6 heteroatoms. The van der Waals surface area contributed by atoms with Crippen LogP contribution >= 0.6 is 18.0 Å². The maximum Gasteiger partial charge on any atom is 0.355 e. The van der Waals surface area contributed by atoms with Gasteiger partial charge in [0.1, 0.15) is 0 Å². The molecule has 0 radical (unpaired) electrons. The van der Waals surface area contributed by atoms with Crippen molar-refractivity contribution >= 4 is 28.7 Å². The van der Waals surface area contributed by atoms with Crippen LogP contribution in [-0.2, 0) is 10.2 Å². The van der Waals surface area contributed by atoms with Gasteiger partial charge in [0.15, 0.2) is 0 Å². The number of fused-ring (bicyclic) bond motifs is 1. The number of benzene rings is 2. The smallest absolute Gasteiger partial charge is 0.333 e. The highest BCUT2D eigenvalue weighted by atomic mass is 32.7. The second kappa shape index (κ2) is 5.68. The van der Waals surface area contributed by atoms with Gasteiger partial charge in [0.05, 0.1) is 0 Å². The maximum absolute atomic E-state index is 14.2. The van der Waals surface area contributed by atoms with Crippen molar-refractivity contribution in [2.45, 2.75) is 5.66 Å². The minimum absolute atomic E-state index is 0.00303. The van der Waals surface area contributed by atoms with E-state index in [0.717, 1.165) is 5.39 Å². The monoisotopic (exact) mass is 314 g/mol. The molecule has 2 aromatic carbocycles. The second-order valence-corrected chi connectivity index (χ2v) is 8.66. The summed E-state index contributed by atoms with van der Waals surface area (Å²) >= 11 is 0.329. The fourth-order valence-electron chi connectivity index (χ4n) is 1.77. The summed E-state index contributed by atoms with van der Waals surface area (Å²) in [5.74, 6) is -0.00303. The van der Waals surface area contributed by atoms with E-state index in [1.807, 2.05) is 0 Å². The molecule has 0 spiro atoms. The Hall–Kier alpha value is -1.16. The highest BCUT2D eigenvalue weighted by molar-refractivity contribution is 8.56. The highest BCUT2D eigenvalue weighted by Gasteiger charge is 2.51. The van der Waals surface area contributed by atoms with Gasteiger partial charge in [0, 0.05) is 11.3 Å². The largest absolute Gasteiger partial charge is 0.355 e. The van der Waals surface area contributed by atoms with Crippen LogP contribution in [-0.4, -0.2) is 10.6 Å². The highest BCUT2D eigenvalue weighted by Crippen LogP contribution is 2.70. The molecule has 1 atom stereocenters. The van der Waals surface area contributed by atoms with Gasteiger partial charge in [-0.3, -0.25) is 4.57 Å². The van der Waals surface area contributed by atoms with Gasteiger partial charge in [-0.2, -0.15) is 8.78 Å². The lowest BCUT2D eigenvalue weighted by Crippen LogP contribution is -2.12. The number of hydrogen-bond donors (Lipinski definition) is 1. The fourth-order valence-corrected chi connectivity index (χ4v) is 4.43. The van der Waals surface area contributed by atoms with Gasteiger partial charge >= 0.3 is 12.2 Å². The summed E-state index contributed by atoms with van der Waals surface area (Å²) in [5, 5.41) is 1.41. The SMILES string of the molecule is C=CCSP(=O)(O)C(F)(F)c1ccc2ccccc2c1. The van der Waals surface area contributed by atoms with Gasteiger partial charge in [0.2, 0.25) is 0 Å². The molecule has 106 valence electrons. The molecule has 0 heterocycles. The van der Waals surface area contributed by atoms with Gasteiger partial charge in [-0.1, -0.05) is 53.9 Å². The first-order valence-corrected chi connectivity index (χ1v) is 9.09. The number of halogens is 2. The van der Waals surface area contributed by atoms with Crippen LogP contribution in [0.2, 0.25) is 0 Å². The summed E-state index contributed by atoms with van der Waals surface area (Å²) < 4.78 is 40.3. The Kier molecular flexibility index (Phi) is 4.33. The van der Waals surface area contributed by atoms with Crippen LogP contribution in [0.25, 0.3) is 10.8 Å². The second-order valence-electron chi connectivity index (χ2n) is 4.21. The summed E-state index contributed by atoms with van der Waals surface area (Å²) in [4.78, 5) is 9.62. The molecule has 0 aromatic heterocycles. The van der Waals surface area contributed by atoms with E-state index in [-0.39, 0.29) is 5.75 Å². The minimum atomic E-state index is -4.70. The first kappa shape index (κ1) is 15.2. The van der Waals surface area contributed by atoms with Gasteiger partial charge in [-0.05, 0) is 16.8 Å². The third-order valence-electron chi connectivity index (χ3n) is 2.82. The lowest BCUT2D eigenvalue weighted by atomic mass is 10.1. The van der Waals surface area contributed by atoms with Gasteiger partial charge in [0.25, 0.3) is 0 Å². The Morgan fingerprint density at radius 2 is 1.90 bits per heavy atom. The summed E-state index contributed by atoms with van der Waals surface area (Å²) in [7, 11) is 0. The molecular formula is C14H13F2O2PS. The van der Waals surface area contributed by atoms with Crippen LogP contribution in [0.5, 0.6) is 0 Å². The first-order valence-electron chi connectivity index (χ1n) is 5.84. The minimum Gasteiger partial charge on any atom is -0.333 e. The van der Waals surface area contributed by atoms with Crippen molar-refractivity contribution in [3.63, 3.8) is 0 Å². The zero-order chi connectivity index (χ0) is 14.8. The predicted molar refractivity (Wildman–Crippen MR) is 80.3 cm³/mol. The van der Waals surface area contributed by atoms with E-state index in [4.69, 9.17) is 0 Å². The average Bonchev–Trinajstić information content (AvgIpc) is 2.44. The third kappa shape index (κ3) is 2.80. The van der Waals surface area contributed by atoms with Crippen molar-refractivity contribution < 1.29 is 18.2 Å². The van der Waals surface area contributed by atoms with Crippen LogP contribution in [0.4, 0.5) is 8.78 Å². The average molecular weight is 314 g/mol. The number of alkyl halides is 2. The molecule has 2 aromatic rings. The van der Waals surface area contributed by atoms with Crippen molar-refractivity contribution in [2.75, 3.05) is 5.75 Å². The number of rotatable bonds is 5. The lowest BCUT2D eigenvalue weighted by molar-refractivity contribution is 0.0795. The van der Waals surface area contributed by atoms with Gasteiger partial charge in [-0.15, -0.1) is 6.58 Å². The molecule has 0 aliphatic rings. The quantitative estimate of drug-likeness (QED) is 0.624. The van der Waals surface area contributed by atoms with Gasteiger partial charge < -0.3 is 4.89 Å². The maximum atomic E-state index is 14.2. The molecule has 1 unspecified atom stereocenters. The van der Waals surface area contributed by atoms with E-state index in [0.29, 0.717) is 16.8 Å². The van der Waals surface area contributed by atoms with Crippen LogP contribution in [0.1, 0.15) is 5.56 Å². The van der Waals surface area contributed by atoms with E-state index in [2.05, 4.69) is 6.58 Å². The topological polar surface area (TPSA) is 37.3 Å². The van der Waals surface area contributed by atoms with Crippen LogP contribution in [0.15, 0.2) is 55.1 Å². The van der Waals surface area contributed by atoms with Crippen molar-refractivity contribution in [3.05, 3.63) is 60.7 Å². The molecule has 0 saturated carbocycles. The standard InChI is InChI=1S/C14H13F2O2PS/c1-2-9-20-19(17,18)14(15,16)13-8-7-11-5-3-4-6-12(11)10-13/h2-8,10H,1,9H2,(H,17,18).